The monoisotopic (exact) mass is 484 g/mol. The third kappa shape index (κ3) is 4.93. The van der Waals surface area contributed by atoms with Gasteiger partial charge >= 0.3 is 6.18 Å². The van der Waals surface area contributed by atoms with E-state index in [1.165, 1.54) is 41.7 Å². The van der Waals surface area contributed by atoms with Crippen molar-refractivity contribution in [2.45, 2.75) is 50.2 Å². The first kappa shape index (κ1) is 23.5. The molecule has 3 heterocycles. The summed E-state index contributed by atoms with van der Waals surface area (Å²) in [5, 5.41) is 7.38. The van der Waals surface area contributed by atoms with Crippen molar-refractivity contribution in [3.05, 3.63) is 59.5 Å². The van der Waals surface area contributed by atoms with E-state index in [0.717, 1.165) is 38.3 Å². The van der Waals surface area contributed by atoms with Crippen molar-refractivity contribution >= 4 is 5.91 Å². The van der Waals surface area contributed by atoms with E-state index >= 15 is 0 Å². The highest BCUT2D eigenvalue weighted by molar-refractivity contribution is 5.95. The lowest BCUT2D eigenvalue weighted by Crippen LogP contribution is -2.32. The molecule has 3 aromatic rings. The van der Waals surface area contributed by atoms with Gasteiger partial charge < -0.3 is 10.2 Å². The Labute approximate surface area is 201 Å². The number of nitrogens with one attached hydrogen (secondary N) is 1. The van der Waals surface area contributed by atoms with Crippen molar-refractivity contribution < 1.29 is 18.0 Å². The maximum atomic E-state index is 13.5. The van der Waals surface area contributed by atoms with Crippen LogP contribution < -0.4 is 5.32 Å². The van der Waals surface area contributed by atoms with Gasteiger partial charge in [-0.05, 0) is 57.8 Å². The third-order valence-corrected chi connectivity index (χ3v) is 6.79. The summed E-state index contributed by atoms with van der Waals surface area (Å²) in [5.41, 5.74) is 0.532. The number of carbonyl (C=O) groups excluding carboxylic acids is 1. The molecule has 1 aliphatic carbocycles. The predicted molar refractivity (Wildman–Crippen MR) is 124 cm³/mol. The average molecular weight is 485 g/mol. The van der Waals surface area contributed by atoms with Crippen LogP contribution in [0.2, 0.25) is 0 Å². The molecule has 1 amide bonds. The Balaban J connectivity index is 1.40. The van der Waals surface area contributed by atoms with E-state index in [9.17, 15) is 18.0 Å². The third-order valence-electron chi connectivity index (χ3n) is 6.79. The van der Waals surface area contributed by atoms with Crippen LogP contribution in [0.5, 0.6) is 0 Å². The molecule has 35 heavy (non-hydrogen) atoms. The highest BCUT2D eigenvalue weighted by atomic mass is 19.4. The molecule has 1 aromatic carbocycles. The number of amides is 1. The molecule has 1 saturated heterocycles. The van der Waals surface area contributed by atoms with Crippen LogP contribution in [-0.4, -0.2) is 56.7 Å². The molecule has 2 aliphatic rings. The Kier molecular flexibility index (Phi) is 6.31. The van der Waals surface area contributed by atoms with Crippen molar-refractivity contribution in [3.8, 4) is 17.2 Å². The maximum absolute atomic E-state index is 13.5. The summed E-state index contributed by atoms with van der Waals surface area (Å²) in [6.45, 7) is 1.66. The molecule has 0 spiro atoms. The van der Waals surface area contributed by atoms with Crippen molar-refractivity contribution in [2.24, 2.45) is 0 Å². The molecule has 1 saturated carbocycles. The van der Waals surface area contributed by atoms with E-state index in [2.05, 4.69) is 32.3 Å². The smallest absolute Gasteiger partial charge is 0.352 e. The lowest BCUT2D eigenvalue weighted by Gasteiger charge is -2.19. The molecule has 1 unspecified atom stereocenters. The number of nitrogens with zero attached hydrogens (tertiary/aromatic N) is 5. The standard InChI is InChI=1S/C25H27F3N6O/c1-33-14-4-5-17(33)10-12-29-23(35)19-15-31-34(22(19)16-8-9-16)24-30-13-11-21(32-24)18-6-2-3-7-20(18)25(26,27)28/h2-3,6-7,11,13,15-17H,4-5,8-10,12,14H2,1H3,(H,29,35). The van der Waals surface area contributed by atoms with Crippen molar-refractivity contribution in [1.82, 2.24) is 30.0 Å². The summed E-state index contributed by atoms with van der Waals surface area (Å²) in [6.07, 6.45) is 3.45. The molecule has 0 radical (unpaired) electrons. The summed E-state index contributed by atoms with van der Waals surface area (Å²) in [6, 6.07) is 7.25. The minimum Gasteiger partial charge on any atom is -0.352 e. The molecular formula is C25H27F3N6O. The number of benzene rings is 1. The SMILES string of the molecule is CN1CCCC1CCNC(=O)c1cnn(-c2nccc(-c3ccccc3C(F)(F)F)n2)c1C1CC1. The number of hydrogen-bond donors (Lipinski definition) is 1. The van der Waals surface area contributed by atoms with Crippen molar-refractivity contribution in [3.63, 3.8) is 0 Å². The summed E-state index contributed by atoms with van der Waals surface area (Å²) >= 11 is 0. The zero-order valence-electron chi connectivity index (χ0n) is 19.4. The molecule has 2 aromatic heterocycles. The fourth-order valence-corrected chi connectivity index (χ4v) is 4.79. The van der Waals surface area contributed by atoms with E-state index in [0.29, 0.717) is 23.8 Å². The maximum Gasteiger partial charge on any atom is 0.417 e. The number of halogens is 3. The average Bonchev–Trinajstić information content (AvgIpc) is 3.45. The van der Waals surface area contributed by atoms with Gasteiger partial charge in [-0.1, -0.05) is 18.2 Å². The van der Waals surface area contributed by atoms with E-state index in [-0.39, 0.29) is 29.0 Å². The van der Waals surface area contributed by atoms with Gasteiger partial charge in [0.2, 0.25) is 0 Å². The molecule has 1 aliphatic heterocycles. The number of alkyl halides is 3. The number of carbonyl (C=O) groups is 1. The molecule has 1 N–H and O–H groups in total. The van der Waals surface area contributed by atoms with E-state index in [1.807, 2.05) is 0 Å². The largest absolute Gasteiger partial charge is 0.417 e. The highest BCUT2D eigenvalue weighted by Crippen LogP contribution is 2.42. The number of aromatic nitrogens is 4. The molecule has 0 bridgehead atoms. The van der Waals surface area contributed by atoms with Crippen LogP contribution in [0.3, 0.4) is 0 Å². The molecular weight excluding hydrogens is 457 g/mol. The van der Waals surface area contributed by atoms with Crippen molar-refractivity contribution in [2.75, 3.05) is 20.1 Å². The van der Waals surface area contributed by atoms with Crippen LogP contribution in [0.4, 0.5) is 13.2 Å². The van der Waals surface area contributed by atoms with Gasteiger partial charge in [0, 0.05) is 30.3 Å². The Morgan fingerprint density at radius 1 is 1.17 bits per heavy atom. The minimum absolute atomic E-state index is 0.0291. The molecule has 2 fully saturated rings. The van der Waals surface area contributed by atoms with Gasteiger partial charge in [0.1, 0.15) is 0 Å². The number of hydrogen-bond acceptors (Lipinski definition) is 5. The minimum atomic E-state index is -4.51. The summed E-state index contributed by atoms with van der Waals surface area (Å²) in [4.78, 5) is 24.0. The Hall–Kier alpha value is -3.27. The molecule has 7 nitrogen and oxygen atoms in total. The fourth-order valence-electron chi connectivity index (χ4n) is 4.79. The van der Waals surface area contributed by atoms with E-state index < -0.39 is 11.7 Å². The first-order valence-corrected chi connectivity index (χ1v) is 11.9. The van der Waals surface area contributed by atoms with Crippen LogP contribution >= 0.6 is 0 Å². The molecule has 1 atom stereocenters. The Morgan fingerprint density at radius 3 is 2.69 bits per heavy atom. The summed E-state index contributed by atoms with van der Waals surface area (Å²) < 4.78 is 42.1. The predicted octanol–water partition coefficient (Wildman–Crippen LogP) is 4.44. The molecule has 10 heteroatoms. The number of rotatable bonds is 7. The van der Waals surface area contributed by atoms with Crippen LogP contribution in [0.15, 0.2) is 42.7 Å². The quantitative estimate of drug-likeness (QED) is 0.537. The fraction of sp³-hybridized carbons (Fsp3) is 0.440. The lowest BCUT2D eigenvalue weighted by molar-refractivity contribution is -0.137. The zero-order chi connectivity index (χ0) is 24.6. The molecule has 184 valence electrons. The van der Waals surface area contributed by atoms with Gasteiger partial charge in [0.05, 0.1) is 28.7 Å². The first-order chi connectivity index (χ1) is 16.8. The van der Waals surface area contributed by atoms with Gasteiger partial charge in [0.15, 0.2) is 0 Å². The normalized spacial score (nSPS) is 18.7. The van der Waals surface area contributed by atoms with Gasteiger partial charge in [0.25, 0.3) is 11.9 Å². The second-order valence-corrected chi connectivity index (χ2v) is 9.24. The topological polar surface area (TPSA) is 75.9 Å². The van der Waals surface area contributed by atoms with Crippen LogP contribution in [0, 0.1) is 0 Å². The Bertz CT molecular complexity index is 1220. The second kappa shape index (κ2) is 9.41. The van der Waals surface area contributed by atoms with Crippen LogP contribution in [-0.2, 0) is 6.18 Å². The van der Waals surface area contributed by atoms with Crippen LogP contribution in [0.25, 0.3) is 17.2 Å². The second-order valence-electron chi connectivity index (χ2n) is 9.24. The van der Waals surface area contributed by atoms with E-state index in [1.54, 1.807) is 6.07 Å². The Morgan fingerprint density at radius 2 is 1.97 bits per heavy atom. The highest BCUT2D eigenvalue weighted by Gasteiger charge is 2.35. The summed E-state index contributed by atoms with van der Waals surface area (Å²) in [7, 11) is 2.11. The van der Waals surface area contributed by atoms with Crippen molar-refractivity contribution in [1.29, 1.82) is 0 Å². The number of likely N-dealkylation sites (tertiary alicyclic amines) is 1. The van der Waals surface area contributed by atoms with Gasteiger partial charge in [-0.3, -0.25) is 4.79 Å². The molecule has 5 rings (SSSR count). The van der Waals surface area contributed by atoms with Crippen LogP contribution in [0.1, 0.15) is 59.6 Å². The summed E-state index contributed by atoms with van der Waals surface area (Å²) in [5.74, 6) is 0.0966. The van der Waals surface area contributed by atoms with E-state index in [4.69, 9.17) is 0 Å². The van der Waals surface area contributed by atoms with Gasteiger partial charge in [-0.25, -0.2) is 14.6 Å². The lowest BCUT2D eigenvalue weighted by atomic mass is 10.0. The van der Waals surface area contributed by atoms with Gasteiger partial charge in [-0.15, -0.1) is 0 Å². The first-order valence-electron chi connectivity index (χ1n) is 11.9. The zero-order valence-corrected chi connectivity index (χ0v) is 19.4. The van der Waals surface area contributed by atoms with Gasteiger partial charge in [-0.2, -0.15) is 18.3 Å².